The van der Waals surface area contributed by atoms with Gasteiger partial charge in [-0.2, -0.15) is 5.10 Å². The largest absolute Gasteiger partial charge is 0.493 e. The summed E-state index contributed by atoms with van der Waals surface area (Å²) in [5.41, 5.74) is 2.32. The summed E-state index contributed by atoms with van der Waals surface area (Å²) in [4.78, 5) is 14.9. The first-order valence-corrected chi connectivity index (χ1v) is 8.80. The van der Waals surface area contributed by atoms with Crippen LogP contribution >= 0.6 is 0 Å². The van der Waals surface area contributed by atoms with E-state index in [9.17, 15) is 4.79 Å². The van der Waals surface area contributed by atoms with E-state index in [1.54, 1.807) is 6.20 Å². The number of piperidine rings is 1. The molecule has 0 bridgehead atoms. The highest BCUT2D eigenvalue weighted by Crippen LogP contribution is 2.36. The minimum Gasteiger partial charge on any atom is -0.493 e. The number of likely N-dealkylation sites (tertiary alicyclic amines) is 1. The molecule has 5 nitrogen and oxygen atoms in total. The van der Waals surface area contributed by atoms with Gasteiger partial charge in [-0.25, -0.2) is 0 Å². The second kappa shape index (κ2) is 6.67. The van der Waals surface area contributed by atoms with Crippen molar-refractivity contribution in [3.05, 3.63) is 47.8 Å². The Bertz CT molecular complexity index is 698. The number of fused-ring (bicyclic) bond motifs is 1. The summed E-state index contributed by atoms with van der Waals surface area (Å²) in [5, 5.41) is 7.10. The molecule has 24 heavy (non-hydrogen) atoms. The van der Waals surface area contributed by atoms with E-state index in [1.807, 2.05) is 29.2 Å². The lowest BCUT2D eigenvalue weighted by Gasteiger charge is -2.34. The van der Waals surface area contributed by atoms with Crippen molar-refractivity contribution < 1.29 is 9.53 Å². The van der Waals surface area contributed by atoms with Gasteiger partial charge in [-0.05, 0) is 42.9 Å². The number of aromatic amines is 1. The summed E-state index contributed by atoms with van der Waals surface area (Å²) in [7, 11) is 0. The van der Waals surface area contributed by atoms with Gasteiger partial charge in [0, 0.05) is 37.3 Å². The van der Waals surface area contributed by atoms with Crippen LogP contribution in [-0.2, 0) is 4.79 Å². The first kappa shape index (κ1) is 15.2. The van der Waals surface area contributed by atoms with Gasteiger partial charge in [0.25, 0.3) is 0 Å². The van der Waals surface area contributed by atoms with E-state index >= 15 is 0 Å². The average Bonchev–Trinajstić information content (AvgIpc) is 3.17. The maximum absolute atomic E-state index is 12.9. The van der Waals surface area contributed by atoms with Crippen molar-refractivity contribution in [1.29, 1.82) is 0 Å². The highest BCUT2D eigenvalue weighted by atomic mass is 16.5. The fourth-order valence-corrected chi connectivity index (χ4v) is 3.92. The van der Waals surface area contributed by atoms with Gasteiger partial charge in [-0.1, -0.05) is 18.2 Å². The van der Waals surface area contributed by atoms with Crippen LogP contribution in [0.5, 0.6) is 5.75 Å². The Balaban J connectivity index is 1.43. The lowest BCUT2D eigenvalue weighted by atomic mass is 9.89. The third-order valence-electron chi connectivity index (χ3n) is 5.24. The van der Waals surface area contributed by atoms with Gasteiger partial charge in [-0.15, -0.1) is 0 Å². The Morgan fingerprint density at radius 2 is 2.21 bits per heavy atom. The summed E-state index contributed by atoms with van der Waals surface area (Å²) in [6.45, 7) is 2.37. The van der Waals surface area contributed by atoms with E-state index in [1.165, 1.54) is 5.56 Å². The van der Waals surface area contributed by atoms with Crippen LogP contribution in [0.15, 0.2) is 36.5 Å². The third kappa shape index (κ3) is 3.03. The normalized spacial score (nSPS) is 23.4. The van der Waals surface area contributed by atoms with Crippen molar-refractivity contribution in [2.75, 3.05) is 19.7 Å². The molecule has 126 valence electrons. The fraction of sp³-hybridized carbons (Fsp3) is 0.474. The highest BCUT2D eigenvalue weighted by molar-refractivity contribution is 5.77. The molecule has 0 spiro atoms. The molecular weight excluding hydrogens is 302 g/mol. The number of hydrogen-bond donors (Lipinski definition) is 1. The minimum atomic E-state index is 0.265. The molecule has 2 aromatic rings. The number of ether oxygens (including phenoxy) is 1. The SMILES string of the molecule is O=C(CC1CCOc2ccccc21)N1CCCC(c2ccn[nH]2)C1. The number of aromatic nitrogens is 2. The Morgan fingerprint density at radius 1 is 1.29 bits per heavy atom. The van der Waals surface area contributed by atoms with Crippen LogP contribution < -0.4 is 4.74 Å². The number of carbonyl (C=O) groups is 1. The molecule has 2 unspecified atom stereocenters. The number of H-pyrrole nitrogens is 1. The minimum absolute atomic E-state index is 0.265. The molecule has 2 aliphatic heterocycles. The zero-order valence-electron chi connectivity index (χ0n) is 13.8. The summed E-state index contributed by atoms with van der Waals surface area (Å²) in [6, 6.07) is 10.1. The van der Waals surface area contributed by atoms with Gasteiger partial charge in [0.05, 0.1) is 6.61 Å². The van der Waals surface area contributed by atoms with Crippen LogP contribution in [0, 0.1) is 0 Å². The summed E-state index contributed by atoms with van der Waals surface area (Å²) < 4.78 is 5.71. The van der Waals surface area contributed by atoms with Gasteiger partial charge >= 0.3 is 0 Å². The summed E-state index contributed by atoms with van der Waals surface area (Å²) in [6.07, 6.45) is 5.46. The Kier molecular flexibility index (Phi) is 4.24. The van der Waals surface area contributed by atoms with Crippen LogP contribution in [0.1, 0.15) is 48.8 Å². The number of benzene rings is 1. The standard InChI is InChI=1S/C19H23N3O2/c23-19(12-14-8-11-24-18-6-2-1-5-16(14)18)22-10-3-4-15(13-22)17-7-9-20-21-17/h1-2,5-7,9,14-15H,3-4,8,10-13H2,(H,20,21). The molecule has 1 amide bonds. The smallest absolute Gasteiger partial charge is 0.223 e. The number of nitrogens with zero attached hydrogens (tertiary/aromatic N) is 2. The molecule has 0 radical (unpaired) electrons. The number of hydrogen-bond acceptors (Lipinski definition) is 3. The molecule has 0 aliphatic carbocycles. The first-order chi connectivity index (χ1) is 11.8. The fourth-order valence-electron chi connectivity index (χ4n) is 3.92. The van der Waals surface area contributed by atoms with Crippen molar-refractivity contribution in [2.45, 2.75) is 37.5 Å². The van der Waals surface area contributed by atoms with Crippen molar-refractivity contribution >= 4 is 5.91 Å². The van der Waals surface area contributed by atoms with Crippen LogP contribution in [-0.4, -0.2) is 40.7 Å². The van der Waals surface area contributed by atoms with E-state index in [-0.39, 0.29) is 11.8 Å². The molecule has 1 aromatic carbocycles. The number of para-hydroxylation sites is 1. The second-order valence-electron chi connectivity index (χ2n) is 6.77. The lowest BCUT2D eigenvalue weighted by Crippen LogP contribution is -2.40. The topological polar surface area (TPSA) is 58.2 Å². The van der Waals surface area contributed by atoms with Gasteiger partial charge < -0.3 is 9.64 Å². The van der Waals surface area contributed by atoms with Crippen LogP contribution in [0.2, 0.25) is 0 Å². The molecule has 3 heterocycles. The Labute approximate surface area is 142 Å². The van der Waals surface area contributed by atoms with Gasteiger partial charge in [0.1, 0.15) is 5.75 Å². The monoisotopic (exact) mass is 325 g/mol. The maximum atomic E-state index is 12.9. The van der Waals surface area contributed by atoms with Crippen molar-refractivity contribution in [3.63, 3.8) is 0 Å². The van der Waals surface area contributed by atoms with E-state index in [4.69, 9.17) is 4.74 Å². The molecule has 1 fully saturated rings. The van der Waals surface area contributed by atoms with Crippen molar-refractivity contribution in [2.24, 2.45) is 0 Å². The molecule has 1 N–H and O–H groups in total. The van der Waals surface area contributed by atoms with Crippen LogP contribution in [0.3, 0.4) is 0 Å². The molecule has 0 saturated carbocycles. The van der Waals surface area contributed by atoms with E-state index < -0.39 is 0 Å². The quantitative estimate of drug-likeness (QED) is 0.943. The predicted octanol–water partition coefficient (Wildman–Crippen LogP) is 3.07. The number of rotatable bonds is 3. The van der Waals surface area contributed by atoms with E-state index in [2.05, 4.69) is 16.3 Å². The highest BCUT2D eigenvalue weighted by Gasteiger charge is 2.29. The predicted molar refractivity (Wildman–Crippen MR) is 91.1 cm³/mol. The van der Waals surface area contributed by atoms with E-state index in [0.29, 0.717) is 18.9 Å². The molecule has 4 rings (SSSR count). The third-order valence-corrected chi connectivity index (χ3v) is 5.24. The zero-order valence-corrected chi connectivity index (χ0v) is 13.8. The van der Waals surface area contributed by atoms with E-state index in [0.717, 1.165) is 43.8 Å². The first-order valence-electron chi connectivity index (χ1n) is 8.80. The number of amides is 1. The number of nitrogens with one attached hydrogen (secondary N) is 1. The summed E-state index contributed by atoms with van der Waals surface area (Å²) >= 11 is 0. The summed E-state index contributed by atoms with van der Waals surface area (Å²) in [5.74, 6) is 1.86. The van der Waals surface area contributed by atoms with Crippen LogP contribution in [0.4, 0.5) is 0 Å². The second-order valence-corrected chi connectivity index (χ2v) is 6.77. The van der Waals surface area contributed by atoms with Crippen LogP contribution in [0.25, 0.3) is 0 Å². The van der Waals surface area contributed by atoms with Crippen molar-refractivity contribution in [1.82, 2.24) is 15.1 Å². The molecule has 2 atom stereocenters. The molecule has 1 saturated heterocycles. The van der Waals surface area contributed by atoms with Gasteiger partial charge in [0.15, 0.2) is 0 Å². The Morgan fingerprint density at radius 3 is 3.08 bits per heavy atom. The molecule has 1 aromatic heterocycles. The lowest BCUT2D eigenvalue weighted by molar-refractivity contribution is -0.133. The van der Waals surface area contributed by atoms with Gasteiger partial charge in [-0.3, -0.25) is 9.89 Å². The van der Waals surface area contributed by atoms with Crippen molar-refractivity contribution in [3.8, 4) is 5.75 Å². The molecule has 5 heteroatoms. The Hall–Kier alpha value is -2.30. The van der Waals surface area contributed by atoms with Gasteiger partial charge in [0.2, 0.25) is 5.91 Å². The molecule has 2 aliphatic rings. The maximum Gasteiger partial charge on any atom is 0.223 e. The zero-order chi connectivity index (χ0) is 16.4. The number of carbonyl (C=O) groups excluding carboxylic acids is 1. The average molecular weight is 325 g/mol. The molecular formula is C19H23N3O2.